The van der Waals surface area contributed by atoms with Gasteiger partial charge in [0.25, 0.3) is 0 Å². The van der Waals surface area contributed by atoms with Crippen molar-refractivity contribution in [3.8, 4) is 0 Å². The van der Waals surface area contributed by atoms with Crippen LogP contribution in [0.4, 0.5) is 13.2 Å². The molecule has 106 valence electrons. The van der Waals surface area contributed by atoms with Crippen LogP contribution in [0.15, 0.2) is 30.3 Å². The average Bonchev–Trinajstić information content (AvgIpc) is 2.33. The minimum atomic E-state index is -2.29. The number of rotatable bonds is 6. The molecular weight excluding hydrogens is 269 g/mol. The molecule has 0 saturated heterocycles. The average molecular weight is 288 g/mol. The maximum atomic E-state index is 12.9. The summed E-state index contributed by atoms with van der Waals surface area (Å²) in [4.78, 5) is 0. The van der Waals surface area contributed by atoms with Gasteiger partial charge in [-0.15, -0.1) is 0 Å². The molecule has 0 bridgehead atoms. The molecule has 0 spiro atoms. The lowest BCUT2D eigenvalue weighted by Gasteiger charge is -2.15. The highest BCUT2D eigenvalue weighted by Gasteiger charge is 2.12. The molecule has 5 heteroatoms. The number of ether oxygens (including phenoxy) is 1. The highest BCUT2D eigenvalue weighted by molar-refractivity contribution is 6.76. The van der Waals surface area contributed by atoms with Crippen LogP contribution in [0.5, 0.6) is 0 Å². The van der Waals surface area contributed by atoms with Crippen LogP contribution in [0.25, 0.3) is 5.83 Å². The van der Waals surface area contributed by atoms with Crippen LogP contribution in [-0.4, -0.2) is 14.7 Å². The first-order valence-electron chi connectivity index (χ1n) is 6.17. The molecule has 0 aliphatic carbocycles. The standard InChI is InChI=1S/C14H19F3OSi/c1-19(2,3)9-8-18-10-11-4-6-12(7-5-11)13(15)14(16)17/h4-7H,8-10H2,1-3H3. The lowest BCUT2D eigenvalue weighted by molar-refractivity contribution is 0.133. The summed E-state index contributed by atoms with van der Waals surface area (Å²) in [5.74, 6) is -1.47. The molecule has 1 aromatic rings. The predicted molar refractivity (Wildman–Crippen MR) is 74.5 cm³/mol. The van der Waals surface area contributed by atoms with Crippen molar-refractivity contribution in [2.45, 2.75) is 32.3 Å². The van der Waals surface area contributed by atoms with E-state index in [0.29, 0.717) is 13.2 Å². The maximum absolute atomic E-state index is 12.9. The van der Waals surface area contributed by atoms with Crippen LogP contribution in [0.2, 0.25) is 25.7 Å². The Morgan fingerprint density at radius 3 is 2.11 bits per heavy atom. The second-order valence-electron chi connectivity index (χ2n) is 5.63. The molecular formula is C14H19F3OSi. The number of benzene rings is 1. The molecule has 0 aromatic heterocycles. The summed E-state index contributed by atoms with van der Waals surface area (Å²) in [5, 5.41) is 0. The molecule has 0 amide bonds. The largest absolute Gasteiger partial charge is 0.377 e. The van der Waals surface area contributed by atoms with Gasteiger partial charge in [-0.25, -0.2) is 4.39 Å². The Labute approximate surface area is 113 Å². The Bertz CT molecular complexity index is 431. The molecule has 1 rings (SSSR count). The van der Waals surface area contributed by atoms with E-state index in [2.05, 4.69) is 19.6 Å². The van der Waals surface area contributed by atoms with Crippen molar-refractivity contribution in [3.63, 3.8) is 0 Å². The van der Waals surface area contributed by atoms with E-state index in [1.54, 1.807) is 12.1 Å². The minimum absolute atomic E-state index is 0.106. The van der Waals surface area contributed by atoms with Crippen molar-refractivity contribution in [1.29, 1.82) is 0 Å². The smallest absolute Gasteiger partial charge is 0.306 e. The van der Waals surface area contributed by atoms with Gasteiger partial charge in [0.2, 0.25) is 0 Å². The van der Waals surface area contributed by atoms with E-state index < -0.39 is 20.0 Å². The third kappa shape index (κ3) is 6.07. The maximum Gasteiger partial charge on any atom is 0.306 e. The number of halogens is 3. The zero-order valence-corrected chi connectivity index (χ0v) is 12.5. The van der Waals surface area contributed by atoms with E-state index in [9.17, 15) is 13.2 Å². The van der Waals surface area contributed by atoms with E-state index in [4.69, 9.17) is 4.74 Å². The highest BCUT2D eigenvalue weighted by atomic mass is 28.3. The summed E-state index contributed by atoms with van der Waals surface area (Å²) in [7, 11) is -1.10. The first-order chi connectivity index (χ1) is 8.79. The third-order valence-corrected chi connectivity index (χ3v) is 4.34. The molecule has 0 radical (unpaired) electrons. The quantitative estimate of drug-likeness (QED) is 0.524. The van der Waals surface area contributed by atoms with Gasteiger partial charge in [0.1, 0.15) is 0 Å². The van der Waals surface area contributed by atoms with Gasteiger partial charge in [0.15, 0.2) is 5.83 Å². The Balaban J connectivity index is 2.48. The molecule has 0 saturated carbocycles. The summed E-state index contributed by atoms with van der Waals surface area (Å²) in [5.41, 5.74) is 0.747. The predicted octanol–water partition coefficient (Wildman–Crippen LogP) is 5.08. The molecule has 1 aromatic carbocycles. The first-order valence-corrected chi connectivity index (χ1v) is 9.88. The second kappa shape index (κ2) is 6.91. The summed E-state index contributed by atoms with van der Waals surface area (Å²) in [6, 6.07) is 6.96. The van der Waals surface area contributed by atoms with Crippen molar-refractivity contribution in [2.24, 2.45) is 0 Å². The monoisotopic (exact) mass is 288 g/mol. The first kappa shape index (κ1) is 16.0. The molecule has 19 heavy (non-hydrogen) atoms. The molecule has 0 N–H and O–H groups in total. The number of hydrogen-bond donors (Lipinski definition) is 0. The van der Waals surface area contributed by atoms with E-state index in [0.717, 1.165) is 11.6 Å². The van der Waals surface area contributed by atoms with Crippen molar-refractivity contribution in [1.82, 2.24) is 0 Å². The van der Waals surface area contributed by atoms with Crippen molar-refractivity contribution < 1.29 is 17.9 Å². The molecule has 0 fully saturated rings. The van der Waals surface area contributed by atoms with Crippen LogP contribution in [0.1, 0.15) is 11.1 Å². The highest BCUT2D eigenvalue weighted by Crippen LogP contribution is 2.22. The minimum Gasteiger partial charge on any atom is -0.377 e. The Hall–Kier alpha value is -1.07. The summed E-state index contributed by atoms with van der Waals surface area (Å²) in [6.07, 6.45) is -2.29. The molecule has 1 nitrogen and oxygen atoms in total. The van der Waals surface area contributed by atoms with Gasteiger partial charge in [0, 0.05) is 20.2 Å². The van der Waals surface area contributed by atoms with E-state index in [1.807, 2.05) is 0 Å². The van der Waals surface area contributed by atoms with Crippen molar-refractivity contribution in [2.75, 3.05) is 6.61 Å². The van der Waals surface area contributed by atoms with E-state index >= 15 is 0 Å². The summed E-state index contributed by atoms with van der Waals surface area (Å²) in [6.45, 7) is 7.93. The van der Waals surface area contributed by atoms with Crippen LogP contribution >= 0.6 is 0 Å². The third-order valence-electron chi connectivity index (χ3n) is 2.64. The lowest BCUT2D eigenvalue weighted by atomic mass is 10.1. The topological polar surface area (TPSA) is 9.23 Å². The van der Waals surface area contributed by atoms with Crippen LogP contribution in [-0.2, 0) is 11.3 Å². The van der Waals surface area contributed by atoms with Gasteiger partial charge >= 0.3 is 6.08 Å². The zero-order valence-electron chi connectivity index (χ0n) is 11.5. The Kier molecular flexibility index (Phi) is 5.81. The van der Waals surface area contributed by atoms with Gasteiger partial charge in [-0.05, 0) is 11.6 Å². The van der Waals surface area contributed by atoms with Gasteiger partial charge in [-0.3, -0.25) is 0 Å². The molecule has 0 aliphatic heterocycles. The van der Waals surface area contributed by atoms with Crippen molar-refractivity contribution in [3.05, 3.63) is 41.5 Å². The SMILES string of the molecule is C[Si](C)(C)CCOCc1ccc(C(F)=C(F)F)cc1. The molecule has 0 aliphatic rings. The normalized spacial score (nSPS) is 11.5. The molecule has 0 atom stereocenters. The molecule has 0 unspecified atom stereocenters. The lowest BCUT2D eigenvalue weighted by Crippen LogP contribution is -2.21. The van der Waals surface area contributed by atoms with Gasteiger partial charge in [-0.1, -0.05) is 43.9 Å². The Morgan fingerprint density at radius 1 is 1.05 bits per heavy atom. The molecule has 0 heterocycles. The summed E-state index contributed by atoms with van der Waals surface area (Å²) >= 11 is 0. The van der Waals surface area contributed by atoms with Crippen LogP contribution < -0.4 is 0 Å². The fourth-order valence-corrected chi connectivity index (χ4v) is 2.18. The van der Waals surface area contributed by atoms with Gasteiger partial charge in [0.05, 0.1) is 6.61 Å². The van der Waals surface area contributed by atoms with Crippen molar-refractivity contribution >= 4 is 13.9 Å². The van der Waals surface area contributed by atoms with Crippen LogP contribution in [0.3, 0.4) is 0 Å². The Morgan fingerprint density at radius 2 is 1.63 bits per heavy atom. The van der Waals surface area contributed by atoms with Crippen LogP contribution in [0, 0.1) is 0 Å². The van der Waals surface area contributed by atoms with Gasteiger partial charge in [-0.2, -0.15) is 8.78 Å². The zero-order chi connectivity index (χ0) is 14.5. The second-order valence-corrected chi connectivity index (χ2v) is 11.3. The summed E-state index contributed by atoms with van der Waals surface area (Å²) < 4.78 is 42.6. The van der Waals surface area contributed by atoms with Gasteiger partial charge < -0.3 is 4.74 Å². The van der Waals surface area contributed by atoms with E-state index in [-0.39, 0.29) is 5.56 Å². The fourth-order valence-electron chi connectivity index (χ4n) is 1.42. The van der Waals surface area contributed by atoms with E-state index in [1.165, 1.54) is 12.1 Å². The number of hydrogen-bond acceptors (Lipinski definition) is 1. The fraction of sp³-hybridized carbons (Fsp3) is 0.429.